The molecule has 0 aliphatic carbocycles. The molecule has 1 N–H and O–H groups in total. The fraction of sp³-hybridized carbons (Fsp3) is 1.00. The molecule has 1 saturated heterocycles. The zero-order valence-corrected chi connectivity index (χ0v) is 10.7. The first-order chi connectivity index (χ1) is 6.67. The fourth-order valence-electron chi connectivity index (χ4n) is 2.28. The van der Waals surface area contributed by atoms with E-state index in [0.717, 1.165) is 23.1 Å². The van der Waals surface area contributed by atoms with Crippen LogP contribution >= 0.6 is 11.8 Å². The van der Waals surface area contributed by atoms with E-state index in [1.165, 1.54) is 19.5 Å². The van der Waals surface area contributed by atoms with Gasteiger partial charge in [0.25, 0.3) is 0 Å². The molecule has 2 nitrogen and oxygen atoms in total. The molecule has 1 heterocycles. The SMILES string of the molecule is CCC(CNC)N1CC(C)SC(C)C1. The summed E-state index contributed by atoms with van der Waals surface area (Å²) < 4.78 is 0. The summed E-state index contributed by atoms with van der Waals surface area (Å²) in [5, 5.41) is 4.89. The van der Waals surface area contributed by atoms with Gasteiger partial charge in [0.2, 0.25) is 0 Å². The minimum Gasteiger partial charge on any atom is -0.318 e. The third-order valence-electron chi connectivity index (χ3n) is 2.88. The van der Waals surface area contributed by atoms with Gasteiger partial charge in [0.15, 0.2) is 0 Å². The van der Waals surface area contributed by atoms with E-state index in [1.807, 2.05) is 7.05 Å². The lowest BCUT2D eigenvalue weighted by atomic mass is 10.1. The number of hydrogen-bond acceptors (Lipinski definition) is 3. The van der Waals surface area contributed by atoms with Crippen molar-refractivity contribution in [3.8, 4) is 0 Å². The van der Waals surface area contributed by atoms with Crippen molar-refractivity contribution in [2.75, 3.05) is 26.7 Å². The Hall–Kier alpha value is 0.270. The lowest BCUT2D eigenvalue weighted by molar-refractivity contribution is 0.186. The zero-order valence-electron chi connectivity index (χ0n) is 9.92. The van der Waals surface area contributed by atoms with Crippen LogP contribution in [0.1, 0.15) is 27.2 Å². The van der Waals surface area contributed by atoms with Gasteiger partial charge in [-0.25, -0.2) is 0 Å². The molecule has 3 atom stereocenters. The largest absolute Gasteiger partial charge is 0.318 e. The average Bonchev–Trinajstić information content (AvgIpc) is 2.12. The Bertz CT molecular complexity index is 153. The minimum atomic E-state index is 0.728. The third-order valence-corrected chi connectivity index (χ3v) is 4.10. The molecule has 84 valence electrons. The summed E-state index contributed by atoms with van der Waals surface area (Å²) in [5.74, 6) is 0. The highest BCUT2D eigenvalue weighted by Crippen LogP contribution is 2.26. The van der Waals surface area contributed by atoms with E-state index < -0.39 is 0 Å². The summed E-state index contributed by atoms with van der Waals surface area (Å²) in [5.41, 5.74) is 0. The number of likely N-dealkylation sites (N-methyl/N-ethyl adjacent to an activating group) is 1. The van der Waals surface area contributed by atoms with Crippen molar-refractivity contribution in [2.24, 2.45) is 0 Å². The molecule has 0 amide bonds. The molecule has 1 aliphatic rings. The molecule has 0 radical (unpaired) electrons. The first kappa shape index (κ1) is 12.3. The topological polar surface area (TPSA) is 15.3 Å². The standard InChI is InChI=1S/C11H24N2S/c1-5-11(6-12-4)13-7-9(2)14-10(3)8-13/h9-12H,5-8H2,1-4H3. The second-order valence-electron chi connectivity index (χ2n) is 4.33. The highest BCUT2D eigenvalue weighted by molar-refractivity contribution is 8.00. The molecule has 0 saturated carbocycles. The maximum absolute atomic E-state index is 3.30. The summed E-state index contributed by atoms with van der Waals surface area (Å²) in [6, 6.07) is 0.728. The molecule has 0 aromatic carbocycles. The van der Waals surface area contributed by atoms with Gasteiger partial charge in [-0.2, -0.15) is 11.8 Å². The van der Waals surface area contributed by atoms with Crippen molar-refractivity contribution in [3.63, 3.8) is 0 Å². The van der Waals surface area contributed by atoms with E-state index in [-0.39, 0.29) is 0 Å². The summed E-state index contributed by atoms with van der Waals surface area (Å²) in [6.07, 6.45) is 1.25. The maximum atomic E-state index is 3.30. The maximum Gasteiger partial charge on any atom is 0.0218 e. The normalized spacial score (nSPS) is 31.7. The fourth-order valence-corrected chi connectivity index (χ4v) is 3.63. The predicted molar refractivity (Wildman–Crippen MR) is 66.1 cm³/mol. The van der Waals surface area contributed by atoms with E-state index >= 15 is 0 Å². The molecule has 0 aromatic rings. The van der Waals surface area contributed by atoms with Gasteiger partial charge in [0.1, 0.15) is 0 Å². The van der Waals surface area contributed by atoms with Crippen LogP contribution in [0.4, 0.5) is 0 Å². The Morgan fingerprint density at radius 3 is 2.36 bits per heavy atom. The van der Waals surface area contributed by atoms with Crippen molar-refractivity contribution in [3.05, 3.63) is 0 Å². The Morgan fingerprint density at radius 1 is 1.36 bits per heavy atom. The van der Waals surface area contributed by atoms with Crippen LogP contribution in [0, 0.1) is 0 Å². The number of nitrogens with one attached hydrogen (secondary N) is 1. The van der Waals surface area contributed by atoms with E-state index in [2.05, 4.69) is 42.7 Å². The minimum absolute atomic E-state index is 0.728. The van der Waals surface area contributed by atoms with Gasteiger partial charge in [-0.3, -0.25) is 4.90 Å². The van der Waals surface area contributed by atoms with Gasteiger partial charge in [0.05, 0.1) is 0 Å². The summed E-state index contributed by atoms with van der Waals surface area (Å²) in [6.45, 7) is 10.6. The Balaban J connectivity index is 2.47. The first-order valence-electron chi connectivity index (χ1n) is 5.71. The van der Waals surface area contributed by atoms with Crippen molar-refractivity contribution >= 4 is 11.8 Å². The van der Waals surface area contributed by atoms with E-state index in [9.17, 15) is 0 Å². The molecule has 3 heteroatoms. The average molecular weight is 216 g/mol. The Kier molecular flexibility index (Phi) is 5.28. The molecular formula is C11H24N2S. The van der Waals surface area contributed by atoms with E-state index in [1.54, 1.807) is 0 Å². The van der Waals surface area contributed by atoms with Crippen LogP contribution in [-0.4, -0.2) is 48.1 Å². The van der Waals surface area contributed by atoms with Crippen LogP contribution < -0.4 is 5.32 Å². The van der Waals surface area contributed by atoms with E-state index in [0.29, 0.717) is 0 Å². The molecule has 1 fully saturated rings. The van der Waals surface area contributed by atoms with Crippen LogP contribution in [-0.2, 0) is 0 Å². The first-order valence-corrected chi connectivity index (χ1v) is 6.65. The monoisotopic (exact) mass is 216 g/mol. The molecule has 1 aliphatic heterocycles. The predicted octanol–water partition coefficient (Wildman–Crippen LogP) is 1.81. The molecular weight excluding hydrogens is 192 g/mol. The molecule has 0 aromatic heterocycles. The summed E-state index contributed by atoms with van der Waals surface area (Å²) in [4.78, 5) is 2.66. The van der Waals surface area contributed by atoms with Gasteiger partial charge in [-0.1, -0.05) is 20.8 Å². The highest BCUT2D eigenvalue weighted by Gasteiger charge is 2.26. The molecule has 0 bridgehead atoms. The highest BCUT2D eigenvalue weighted by atomic mass is 32.2. The second kappa shape index (κ2) is 5.99. The van der Waals surface area contributed by atoms with Crippen LogP contribution in [0.15, 0.2) is 0 Å². The number of rotatable bonds is 4. The lowest BCUT2D eigenvalue weighted by Crippen LogP contribution is -2.49. The Morgan fingerprint density at radius 2 is 1.93 bits per heavy atom. The second-order valence-corrected chi connectivity index (χ2v) is 6.21. The Labute approximate surface area is 92.8 Å². The van der Waals surface area contributed by atoms with Gasteiger partial charge < -0.3 is 5.32 Å². The molecule has 1 rings (SSSR count). The number of thioether (sulfide) groups is 1. The summed E-state index contributed by atoms with van der Waals surface area (Å²) in [7, 11) is 2.05. The molecule has 3 unspecified atom stereocenters. The van der Waals surface area contributed by atoms with Crippen molar-refractivity contribution in [1.82, 2.24) is 10.2 Å². The third kappa shape index (κ3) is 3.44. The van der Waals surface area contributed by atoms with Crippen molar-refractivity contribution in [1.29, 1.82) is 0 Å². The van der Waals surface area contributed by atoms with Crippen LogP contribution in [0.25, 0.3) is 0 Å². The van der Waals surface area contributed by atoms with Crippen LogP contribution in [0.2, 0.25) is 0 Å². The van der Waals surface area contributed by atoms with Gasteiger partial charge in [-0.05, 0) is 13.5 Å². The van der Waals surface area contributed by atoms with Crippen LogP contribution in [0.3, 0.4) is 0 Å². The zero-order chi connectivity index (χ0) is 10.6. The quantitative estimate of drug-likeness (QED) is 0.771. The lowest BCUT2D eigenvalue weighted by Gasteiger charge is -2.39. The van der Waals surface area contributed by atoms with Crippen molar-refractivity contribution < 1.29 is 0 Å². The van der Waals surface area contributed by atoms with Crippen molar-refractivity contribution in [2.45, 2.75) is 43.7 Å². The van der Waals surface area contributed by atoms with Crippen LogP contribution in [0.5, 0.6) is 0 Å². The van der Waals surface area contributed by atoms with Gasteiger partial charge >= 0.3 is 0 Å². The number of nitrogens with zero attached hydrogens (tertiary/aromatic N) is 1. The van der Waals surface area contributed by atoms with E-state index in [4.69, 9.17) is 0 Å². The summed E-state index contributed by atoms with van der Waals surface area (Å²) >= 11 is 2.13. The molecule has 14 heavy (non-hydrogen) atoms. The van der Waals surface area contributed by atoms with Gasteiger partial charge in [0, 0.05) is 36.2 Å². The molecule has 0 spiro atoms. The number of hydrogen-bond donors (Lipinski definition) is 1. The smallest absolute Gasteiger partial charge is 0.0218 e. The van der Waals surface area contributed by atoms with Gasteiger partial charge in [-0.15, -0.1) is 0 Å².